The minimum absolute atomic E-state index is 0.0700. The van der Waals surface area contributed by atoms with Gasteiger partial charge in [0.05, 0.1) is 5.75 Å². The summed E-state index contributed by atoms with van der Waals surface area (Å²) in [6, 6.07) is 13.9. The third-order valence-corrected chi connectivity index (χ3v) is 6.44. The third-order valence-electron chi connectivity index (χ3n) is 5.52. The van der Waals surface area contributed by atoms with Gasteiger partial charge in [0, 0.05) is 50.1 Å². The standard InChI is InChI=1S/C20H24N2O3S/c1-26(24,25)8-7-21-12-15-9-18(14-21)19-10-17(11-20(23)22(19)13-15)16-5-3-2-4-6-16/h2-6,10-11,15,18H,7-9,12-14H2,1H3/t15-,18+/m0/s1. The van der Waals surface area contributed by atoms with E-state index in [1.165, 1.54) is 6.26 Å². The van der Waals surface area contributed by atoms with Crippen LogP contribution in [0.5, 0.6) is 0 Å². The lowest BCUT2D eigenvalue weighted by atomic mass is 9.82. The molecule has 5 nitrogen and oxygen atoms in total. The van der Waals surface area contributed by atoms with Crippen LogP contribution >= 0.6 is 0 Å². The van der Waals surface area contributed by atoms with Gasteiger partial charge >= 0.3 is 0 Å². The molecule has 2 bridgehead atoms. The second kappa shape index (κ2) is 6.67. The Morgan fingerprint density at radius 3 is 2.54 bits per heavy atom. The quantitative estimate of drug-likeness (QED) is 0.823. The van der Waals surface area contributed by atoms with Gasteiger partial charge in [-0.3, -0.25) is 4.79 Å². The van der Waals surface area contributed by atoms with E-state index in [2.05, 4.69) is 11.0 Å². The van der Waals surface area contributed by atoms with Crippen molar-refractivity contribution in [2.75, 3.05) is 31.6 Å². The largest absolute Gasteiger partial charge is 0.312 e. The van der Waals surface area contributed by atoms with E-state index in [4.69, 9.17) is 0 Å². The van der Waals surface area contributed by atoms with Crippen molar-refractivity contribution in [3.8, 4) is 11.1 Å². The molecule has 2 aliphatic rings. The van der Waals surface area contributed by atoms with Gasteiger partial charge in [-0.1, -0.05) is 30.3 Å². The fourth-order valence-electron chi connectivity index (χ4n) is 4.33. The van der Waals surface area contributed by atoms with Crippen molar-refractivity contribution in [2.24, 2.45) is 5.92 Å². The van der Waals surface area contributed by atoms with Crippen LogP contribution in [0.1, 0.15) is 18.0 Å². The average molecular weight is 372 g/mol. The Balaban J connectivity index is 1.64. The molecule has 0 unspecified atom stereocenters. The van der Waals surface area contributed by atoms with E-state index in [-0.39, 0.29) is 11.3 Å². The van der Waals surface area contributed by atoms with Crippen molar-refractivity contribution < 1.29 is 8.42 Å². The summed E-state index contributed by atoms with van der Waals surface area (Å²) in [5.74, 6) is 0.906. The number of piperidine rings is 1. The van der Waals surface area contributed by atoms with Crippen LogP contribution in [-0.2, 0) is 16.4 Å². The minimum Gasteiger partial charge on any atom is -0.312 e. The highest BCUT2D eigenvalue weighted by molar-refractivity contribution is 7.90. The van der Waals surface area contributed by atoms with E-state index in [1.807, 2.05) is 34.9 Å². The number of pyridine rings is 1. The predicted molar refractivity (Wildman–Crippen MR) is 103 cm³/mol. The number of benzene rings is 1. The Morgan fingerprint density at radius 1 is 1.04 bits per heavy atom. The molecule has 0 N–H and O–H groups in total. The van der Waals surface area contributed by atoms with E-state index < -0.39 is 9.84 Å². The molecule has 138 valence electrons. The summed E-state index contributed by atoms with van der Waals surface area (Å²) >= 11 is 0. The van der Waals surface area contributed by atoms with Gasteiger partial charge in [0.25, 0.3) is 5.56 Å². The van der Waals surface area contributed by atoms with E-state index in [0.717, 1.165) is 42.9 Å². The highest BCUT2D eigenvalue weighted by Crippen LogP contribution is 2.36. The zero-order valence-corrected chi connectivity index (χ0v) is 15.8. The van der Waals surface area contributed by atoms with Gasteiger partial charge in [0.2, 0.25) is 0 Å². The fourth-order valence-corrected chi connectivity index (χ4v) is 4.92. The number of sulfone groups is 1. The van der Waals surface area contributed by atoms with Gasteiger partial charge in [-0.05, 0) is 29.5 Å². The topological polar surface area (TPSA) is 59.4 Å². The lowest BCUT2D eigenvalue weighted by Crippen LogP contribution is -2.48. The first-order valence-corrected chi connectivity index (χ1v) is 11.2. The molecule has 0 amide bonds. The number of hydrogen-bond acceptors (Lipinski definition) is 4. The summed E-state index contributed by atoms with van der Waals surface area (Å²) in [5, 5.41) is 0. The minimum atomic E-state index is -2.95. The maximum atomic E-state index is 12.7. The van der Waals surface area contributed by atoms with Crippen LogP contribution < -0.4 is 5.56 Å². The summed E-state index contributed by atoms with van der Waals surface area (Å²) in [6.45, 7) is 3.01. The fraction of sp³-hybridized carbons (Fsp3) is 0.450. The molecule has 1 aromatic carbocycles. The Morgan fingerprint density at radius 2 is 1.81 bits per heavy atom. The third kappa shape index (κ3) is 3.62. The molecular weight excluding hydrogens is 348 g/mol. The molecule has 6 heteroatoms. The van der Waals surface area contributed by atoms with Crippen molar-refractivity contribution in [3.05, 3.63) is 58.5 Å². The molecule has 1 aromatic heterocycles. The summed E-state index contributed by atoms with van der Waals surface area (Å²) in [6.07, 6.45) is 2.37. The van der Waals surface area contributed by atoms with Crippen LogP contribution in [0.2, 0.25) is 0 Å². The highest BCUT2D eigenvalue weighted by atomic mass is 32.2. The highest BCUT2D eigenvalue weighted by Gasteiger charge is 2.34. The van der Waals surface area contributed by atoms with E-state index in [1.54, 1.807) is 6.07 Å². The van der Waals surface area contributed by atoms with Gasteiger partial charge in [0.15, 0.2) is 0 Å². The summed E-state index contributed by atoms with van der Waals surface area (Å²) < 4.78 is 24.9. The molecular formula is C20H24N2O3S. The molecule has 1 saturated heterocycles. The zero-order chi connectivity index (χ0) is 18.3. The van der Waals surface area contributed by atoms with Gasteiger partial charge in [-0.25, -0.2) is 8.42 Å². The van der Waals surface area contributed by atoms with Crippen LogP contribution in [0.3, 0.4) is 0 Å². The summed E-state index contributed by atoms with van der Waals surface area (Å²) in [5.41, 5.74) is 3.19. The monoisotopic (exact) mass is 372 g/mol. The van der Waals surface area contributed by atoms with Crippen LogP contribution in [0.4, 0.5) is 0 Å². The zero-order valence-electron chi connectivity index (χ0n) is 15.0. The first-order chi connectivity index (χ1) is 12.4. The average Bonchev–Trinajstić information content (AvgIpc) is 2.61. The van der Waals surface area contributed by atoms with Crippen molar-refractivity contribution in [1.82, 2.24) is 9.47 Å². The lowest BCUT2D eigenvalue weighted by Gasteiger charge is -2.43. The van der Waals surface area contributed by atoms with Gasteiger partial charge in [-0.2, -0.15) is 0 Å². The number of fused-ring (bicyclic) bond motifs is 4. The molecule has 2 atom stereocenters. The molecule has 0 aliphatic carbocycles. The molecule has 26 heavy (non-hydrogen) atoms. The van der Waals surface area contributed by atoms with Gasteiger partial charge < -0.3 is 9.47 Å². The number of likely N-dealkylation sites (tertiary alicyclic amines) is 1. The first kappa shape index (κ1) is 17.5. The summed E-state index contributed by atoms with van der Waals surface area (Å²) in [4.78, 5) is 15.0. The molecule has 3 heterocycles. The Labute approximate surface area is 154 Å². The molecule has 0 spiro atoms. The van der Waals surface area contributed by atoms with Crippen molar-refractivity contribution in [3.63, 3.8) is 0 Å². The van der Waals surface area contributed by atoms with Crippen molar-refractivity contribution in [1.29, 1.82) is 0 Å². The first-order valence-electron chi connectivity index (χ1n) is 9.09. The molecule has 1 fully saturated rings. The molecule has 0 radical (unpaired) electrons. The van der Waals surface area contributed by atoms with Crippen molar-refractivity contribution >= 4 is 9.84 Å². The number of aromatic nitrogens is 1. The SMILES string of the molecule is CS(=O)(=O)CCN1C[C@@H]2C[C@H](C1)c1cc(-c3ccccc3)cc(=O)n1C2. The number of hydrogen-bond donors (Lipinski definition) is 0. The Bertz CT molecular complexity index is 966. The second-order valence-electron chi connectivity index (χ2n) is 7.67. The van der Waals surface area contributed by atoms with Crippen LogP contribution in [0.15, 0.2) is 47.3 Å². The number of rotatable bonds is 4. The second-order valence-corrected chi connectivity index (χ2v) is 9.93. The van der Waals surface area contributed by atoms with E-state index in [9.17, 15) is 13.2 Å². The van der Waals surface area contributed by atoms with Crippen LogP contribution in [0.25, 0.3) is 11.1 Å². The van der Waals surface area contributed by atoms with Gasteiger partial charge in [-0.15, -0.1) is 0 Å². The maximum Gasteiger partial charge on any atom is 0.251 e. The number of nitrogens with zero attached hydrogens (tertiary/aromatic N) is 2. The predicted octanol–water partition coefficient (Wildman–Crippen LogP) is 1.98. The Hall–Kier alpha value is -1.92. The van der Waals surface area contributed by atoms with Crippen LogP contribution in [0, 0.1) is 5.92 Å². The smallest absolute Gasteiger partial charge is 0.251 e. The lowest BCUT2D eigenvalue weighted by molar-refractivity contribution is 0.126. The van der Waals surface area contributed by atoms with Gasteiger partial charge in [0.1, 0.15) is 9.84 Å². The Kier molecular flexibility index (Phi) is 4.49. The van der Waals surface area contributed by atoms with E-state index >= 15 is 0 Å². The molecule has 2 aliphatic heterocycles. The van der Waals surface area contributed by atoms with Crippen molar-refractivity contribution in [2.45, 2.75) is 18.9 Å². The normalized spacial score (nSPS) is 22.8. The molecule has 4 rings (SSSR count). The van der Waals surface area contributed by atoms with E-state index in [0.29, 0.717) is 18.4 Å². The summed E-state index contributed by atoms with van der Waals surface area (Å²) in [7, 11) is -2.95. The molecule has 0 saturated carbocycles. The van der Waals surface area contributed by atoms with Crippen LogP contribution in [-0.4, -0.2) is 49.5 Å². The molecule has 2 aromatic rings. The maximum absolute atomic E-state index is 12.7.